The van der Waals surface area contributed by atoms with E-state index in [1.807, 2.05) is 0 Å². The normalized spacial score (nSPS) is 18.4. The molecule has 0 fully saturated rings. The number of thiophene rings is 1. The number of ether oxygens (including phenoxy) is 2. The van der Waals surface area contributed by atoms with E-state index < -0.39 is 30.1 Å². The number of esters is 1. The first-order chi connectivity index (χ1) is 18.1. The molecule has 0 bridgehead atoms. The van der Waals surface area contributed by atoms with E-state index in [1.165, 1.54) is 18.4 Å². The summed E-state index contributed by atoms with van der Waals surface area (Å²) in [6.45, 7) is 1.87. The summed E-state index contributed by atoms with van der Waals surface area (Å²) in [6, 6.07) is 4.12. The Morgan fingerprint density at radius 1 is 1.26 bits per heavy atom. The molecule has 1 aromatic carbocycles. The van der Waals surface area contributed by atoms with E-state index in [0.717, 1.165) is 28.0 Å². The summed E-state index contributed by atoms with van der Waals surface area (Å²) in [7, 11) is 1.51. The second-order valence-electron chi connectivity index (χ2n) is 8.96. The Morgan fingerprint density at radius 2 is 2.00 bits per heavy atom. The van der Waals surface area contributed by atoms with Gasteiger partial charge < -0.3 is 20.1 Å². The largest absolute Gasteiger partial charge is 0.497 e. The summed E-state index contributed by atoms with van der Waals surface area (Å²) < 4.78 is 53.7. The number of aryl methyl sites for hydroxylation is 1. The lowest BCUT2D eigenvalue weighted by molar-refractivity contribution is -0.173. The van der Waals surface area contributed by atoms with Crippen molar-refractivity contribution in [2.75, 3.05) is 24.4 Å². The maximum absolute atomic E-state index is 14.1. The smallest absolute Gasteiger partial charge is 0.410 e. The minimum Gasteiger partial charge on any atom is -0.497 e. The van der Waals surface area contributed by atoms with Crippen LogP contribution >= 0.6 is 27.3 Å². The van der Waals surface area contributed by atoms with Crippen molar-refractivity contribution in [3.8, 4) is 5.75 Å². The van der Waals surface area contributed by atoms with Gasteiger partial charge in [-0.05, 0) is 65.4 Å². The first-order valence-electron chi connectivity index (χ1n) is 12.0. The van der Waals surface area contributed by atoms with Gasteiger partial charge in [0.15, 0.2) is 11.7 Å². The molecule has 0 unspecified atom stereocenters. The summed E-state index contributed by atoms with van der Waals surface area (Å²) in [4.78, 5) is 27.0. The van der Waals surface area contributed by atoms with Gasteiger partial charge in [0.25, 0.3) is 5.91 Å². The van der Waals surface area contributed by atoms with E-state index in [4.69, 9.17) is 9.47 Å². The zero-order valence-electron chi connectivity index (χ0n) is 20.4. The van der Waals surface area contributed by atoms with Crippen LogP contribution in [0.3, 0.4) is 0 Å². The molecule has 0 radical (unpaired) electrons. The monoisotopic (exact) mass is 612 g/mol. The molecule has 5 rings (SSSR count). The van der Waals surface area contributed by atoms with Gasteiger partial charge in [0.05, 0.1) is 29.8 Å². The summed E-state index contributed by atoms with van der Waals surface area (Å²) in [5.74, 6) is -0.632. The highest BCUT2D eigenvalue weighted by Gasteiger charge is 2.48. The van der Waals surface area contributed by atoms with Gasteiger partial charge >= 0.3 is 12.1 Å². The van der Waals surface area contributed by atoms with Gasteiger partial charge in [0, 0.05) is 11.3 Å². The first kappa shape index (κ1) is 26.5. The summed E-state index contributed by atoms with van der Waals surface area (Å²) in [5.41, 5.74) is 1.58. The van der Waals surface area contributed by atoms with Crippen molar-refractivity contribution < 1.29 is 32.2 Å². The Hall–Kier alpha value is -3.06. The number of alkyl halides is 3. The van der Waals surface area contributed by atoms with Crippen LogP contribution < -0.4 is 15.4 Å². The van der Waals surface area contributed by atoms with Gasteiger partial charge in [-0.1, -0.05) is 12.1 Å². The fraction of sp³-hybridized carbons (Fsp3) is 0.400. The lowest BCUT2D eigenvalue weighted by atomic mass is 9.97. The molecule has 2 aliphatic rings. The van der Waals surface area contributed by atoms with Crippen LogP contribution in [0.1, 0.15) is 68.7 Å². The number of carbonyl (C=O) groups excluding carboxylic acids is 2. The van der Waals surface area contributed by atoms with Gasteiger partial charge in [0.2, 0.25) is 0 Å². The highest BCUT2D eigenvalue weighted by molar-refractivity contribution is 9.10. The van der Waals surface area contributed by atoms with E-state index in [0.29, 0.717) is 28.3 Å². The summed E-state index contributed by atoms with van der Waals surface area (Å²) in [5, 5.41) is 10.2. The number of methoxy groups -OCH3 is 1. The fourth-order valence-electron chi connectivity index (χ4n) is 4.86. The average molecular weight is 613 g/mol. The number of anilines is 2. The Balaban J connectivity index is 1.48. The van der Waals surface area contributed by atoms with Gasteiger partial charge in [-0.25, -0.2) is 9.48 Å². The molecule has 8 nitrogen and oxygen atoms in total. The number of benzene rings is 1. The van der Waals surface area contributed by atoms with Crippen molar-refractivity contribution in [2.45, 2.75) is 50.9 Å². The molecular weight excluding hydrogens is 589 g/mol. The molecule has 0 spiro atoms. The van der Waals surface area contributed by atoms with Crippen LogP contribution in [-0.4, -0.2) is 41.5 Å². The lowest BCUT2D eigenvalue weighted by Crippen LogP contribution is -2.35. The SMILES string of the molecule is CCOC(=O)c1c(NC(=O)c2nn3c(c2Br)N[C@H](c2ccc(OC)cc2)C[C@@H]3C(F)(F)F)sc2c1CCC2. The lowest BCUT2D eigenvalue weighted by Gasteiger charge is -2.33. The molecule has 38 heavy (non-hydrogen) atoms. The molecule has 3 aromatic rings. The van der Waals surface area contributed by atoms with Crippen LogP contribution in [-0.2, 0) is 17.6 Å². The zero-order valence-corrected chi connectivity index (χ0v) is 22.8. The third kappa shape index (κ3) is 4.77. The van der Waals surface area contributed by atoms with Crippen molar-refractivity contribution in [2.24, 2.45) is 0 Å². The number of hydrogen-bond donors (Lipinski definition) is 2. The second kappa shape index (κ2) is 10.3. The number of nitrogens with one attached hydrogen (secondary N) is 2. The second-order valence-corrected chi connectivity index (χ2v) is 10.9. The minimum atomic E-state index is -4.60. The predicted molar refractivity (Wildman–Crippen MR) is 139 cm³/mol. The molecule has 2 N–H and O–H groups in total. The standard InChI is InChI=1S/C25H24BrF3N4O4S/c1-3-37-24(35)18-14-5-4-6-16(14)38-23(18)31-22(34)20-19(26)21-30-15(12-7-9-13(36-2)10-8-12)11-17(25(27,28)29)33(21)32-20/h7-10,15,17,30H,3-6,11H2,1-2H3,(H,31,34)/t15-,17+/m0/s1. The quantitative estimate of drug-likeness (QED) is 0.318. The minimum absolute atomic E-state index is 0.0452. The fourth-order valence-corrected chi connectivity index (χ4v) is 6.69. The Kier molecular flexibility index (Phi) is 7.16. The van der Waals surface area contributed by atoms with Crippen molar-refractivity contribution in [1.29, 1.82) is 0 Å². The van der Waals surface area contributed by atoms with E-state index in [9.17, 15) is 22.8 Å². The Morgan fingerprint density at radius 3 is 2.66 bits per heavy atom. The van der Waals surface area contributed by atoms with Crippen LogP contribution in [0.2, 0.25) is 0 Å². The topological polar surface area (TPSA) is 94.5 Å². The number of halogens is 4. The molecule has 1 aliphatic heterocycles. The maximum atomic E-state index is 14.1. The summed E-state index contributed by atoms with van der Waals surface area (Å²) in [6.07, 6.45) is -2.53. The Bertz CT molecular complexity index is 1390. The molecule has 0 saturated carbocycles. The number of nitrogens with zero attached hydrogens (tertiary/aromatic N) is 2. The van der Waals surface area contributed by atoms with Crippen LogP contribution in [0.5, 0.6) is 5.75 Å². The van der Waals surface area contributed by atoms with Gasteiger partial charge in [-0.3, -0.25) is 4.79 Å². The highest BCUT2D eigenvalue weighted by atomic mass is 79.9. The molecular formula is C25H24BrF3N4O4S. The molecule has 2 atom stereocenters. The molecule has 1 aliphatic carbocycles. The van der Waals surface area contributed by atoms with Crippen LogP contribution in [0.25, 0.3) is 0 Å². The van der Waals surface area contributed by atoms with Gasteiger partial charge in [-0.2, -0.15) is 18.3 Å². The third-order valence-corrected chi connectivity index (χ3v) is 8.62. The number of carbonyl (C=O) groups is 2. The molecule has 0 saturated heterocycles. The van der Waals surface area contributed by atoms with Crippen LogP contribution in [0.15, 0.2) is 28.7 Å². The molecule has 1 amide bonds. The van der Waals surface area contributed by atoms with Crippen LogP contribution in [0, 0.1) is 0 Å². The number of hydrogen-bond acceptors (Lipinski definition) is 7. The number of amides is 1. The van der Waals surface area contributed by atoms with E-state index in [1.54, 1.807) is 31.2 Å². The molecule has 202 valence electrons. The van der Waals surface area contributed by atoms with Crippen molar-refractivity contribution in [3.05, 3.63) is 56.0 Å². The number of fused-ring (bicyclic) bond motifs is 2. The van der Waals surface area contributed by atoms with E-state index >= 15 is 0 Å². The molecule has 2 aromatic heterocycles. The number of rotatable bonds is 6. The number of aromatic nitrogens is 2. The van der Waals surface area contributed by atoms with E-state index in [2.05, 4.69) is 31.7 Å². The predicted octanol–water partition coefficient (Wildman–Crippen LogP) is 6.29. The Labute approximate surface area is 228 Å². The maximum Gasteiger partial charge on any atom is 0.410 e. The first-order valence-corrected chi connectivity index (χ1v) is 13.6. The summed E-state index contributed by atoms with van der Waals surface area (Å²) >= 11 is 4.59. The zero-order chi connectivity index (χ0) is 27.2. The van der Waals surface area contributed by atoms with Gasteiger partial charge in [0.1, 0.15) is 16.6 Å². The van der Waals surface area contributed by atoms with Crippen molar-refractivity contribution in [1.82, 2.24) is 9.78 Å². The van der Waals surface area contributed by atoms with Crippen molar-refractivity contribution in [3.63, 3.8) is 0 Å². The average Bonchev–Trinajstić information content (AvgIpc) is 3.56. The van der Waals surface area contributed by atoms with E-state index in [-0.39, 0.29) is 29.0 Å². The highest BCUT2D eigenvalue weighted by Crippen LogP contribution is 2.47. The molecule has 3 heterocycles. The molecule has 13 heteroatoms. The van der Waals surface area contributed by atoms with Crippen molar-refractivity contribution >= 4 is 50.0 Å². The third-order valence-electron chi connectivity index (χ3n) is 6.66. The van der Waals surface area contributed by atoms with Crippen LogP contribution in [0.4, 0.5) is 24.0 Å². The van der Waals surface area contributed by atoms with Gasteiger partial charge in [-0.15, -0.1) is 11.3 Å².